The highest BCUT2D eigenvalue weighted by atomic mass is 16.5. The molecule has 0 fully saturated rings. The molecule has 2 N–H and O–H groups in total. The zero-order valence-electron chi connectivity index (χ0n) is 22.6. The van der Waals surface area contributed by atoms with Crippen LogP contribution in [0.5, 0.6) is 17.2 Å². The van der Waals surface area contributed by atoms with Gasteiger partial charge in [0.05, 0.1) is 31.6 Å². The number of ether oxygens (including phenoxy) is 3. The number of hydrogen-bond acceptors (Lipinski definition) is 6. The summed E-state index contributed by atoms with van der Waals surface area (Å²) in [5, 5.41) is 7.26. The van der Waals surface area contributed by atoms with Crippen molar-refractivity contribution in [3.8, 4) is 17.2 Å². The summed E-state index contributed by atoms with van der Waals surface area (Å²) in [5.74, 6) is 2.30. The fourth-order valence-electron chi connectivity index (χ4n) is 5.57. The van der Waals surface area contributed by atoms with Crippen LogP contribution in [0, 0.1) is 0 Å². The maximum absolute atomic E-state index is 13.9. The molecule has 0 aromatic heterocycles. The molecule has 40 heavy (non-hydrogen) atoms. The van der Waals surface area contributed by atoms with E-state index >= 15 is 0 Å². The van der Waals surface area contributed by atoms with Gasteiger partial charge in [0.25, 0.3) is 0 Å². The minimum Gasteiger partial charge on any atom is -0.497 e. The number of anilines is 2. The monoisotopic (exact) mass is 532 g/mol. The standard InChI is InChI=1S/C34H32N2O4/c1-38-26-15-12-23(13-16-26)25-18-29-33(30(37)19-25)34(36-28-11-7-6-10-27(28)35-29)24-14-17-31(32(20-24)39-2)40-21-22-8-4-3-5-9-22/h3-17,20,25,34-36H,18-19,21H2,1-2H3/t25-,34+/m1/s1. The largest absolute Gasteiger partial charge is 0.497 e. The van der Waals surface area contributed by atoms with Gasteiger partial charge in [-0.3, -0.25) is 4.79 Å². The summed E-state index contributed by atoms with van der Waals surface area (Å²) in [7, 11) is 3.30. The summed E-state index contributed by atoms with van der Waals surface area (Å²) in [4.78, 5) is 13.9. The summed E-state index contributed by atoms with van der Waals surface area (Å²) >= 11 is 0. The Balaban J connectivity index is 1.35. The van der Waals surface area contributed by atoms with Crippen LogP contribution < -0.4 is 24.8 Å². The molecule has 0 bridgehead atoms. The third-order valence-electron chi connectivity index (χ3n) is 7.65. The molecular formula is C34H32N2O4. The first-order valence-corrected chi connectivity index (χ1v) is 13.5. The van der Waals surface area contributed by atoms with Gasteiger partial charge in [0, 0.05) is 17.7 Å². The summed E-state index contributed by atoms with van der Waals surface area (Å²) in [6.07, 6.45) is 1.17. The first kappa shape index (κ1) is 25.6. The molecule has 4 aromatic carbocycles. The molecule has 6 heteroatoms. The van der Waals surface area contributed by atoms with Gasteiger partial charge in [-0.05, 0) is 65.4 Å². The van der Waals surface area contributed by atoms with Crippen LogP contribution in [0.15, 0.2) is 108 Å². The van der Waals surface area contributed by atoms with Gasteiger partial charge in [-0.25, -0.2) is 0 Å². The number of para-hydroxylation sites is 2. The predicted octanol–water partition coefficient (Wildman–Crippen LogP) is 7.26. The van der Waals surface area contributed by atoms with E-state index < -0.39 is 0 Å². The van der Waals surface area contributed by atoms with E-state index in [1.54, 1.807) is 14.2 Å². The highest BCUT2D eigenvalue weighted by Crippen LogP contribution is 2.45. The van der Waals surface area contributed by atoms with Crippen LogP contribution in [-0.4, -0.2) is 20.0 Å². The molecule has 0 saturated heterocycles. The lowest BCUT2D eigenvalue weighted by molar-refractivity contribution is -0.116. The SMILES string of the molecule is COc1ccc([C@H]2CC(=O)C3=C(C2)Nc2ccccc2N[C@H]3c2ccc(OCc3ccccc3)c(OC)c2)cc1. The Bertz CT molecular complexity index is 1550. The number of carbonyl (C=O) groups excluding carboxylic acids is 1. The molecule has 6 rings (SSSR count). The lowest BCUT2D eigenvalue weighted by Crippen LogP contribution is -2.26. The predicted molar refractivity (Wildman–Crippen MR) is 157 cm³/mol. The molecule has 0 spiro atoms. The van der Waals surface area contributed by atoms with Gasteiger partial charge in [0.2, 0.25) is 0 Å². The van der Waals surface area contributed by atoms with E-state index in [0.717, 1.165) is 51.5 Å². The number of ketones is 1. The number of hydrogen-bond donors (Lipinski definition) is 2. The van der Waals surface area contributed by atoms with E-state index in [2.05, 4.69) is 22.8 Å². The summed E-state index contributed by atoms with van der Waals surface area (Å²) in [6.45, 7) is 0.441. The Morgan fingerprint density at radius 2 is 1.48 bits per heavy atom. The third kappa shape index (κ3) is 5.13. The molecule has 1 heterocycles. The average Bonchev–Trinajstić information content (AvgIpc) is 3.17. The maximum Gasteiger partial charge on any atom is 0.163 e. The minimum absolute atomic E-state index is 0.0823. The fourth-order valence-corrected chi connectivity index (χ4v) is 5.57. The fraction of sp³-hybridized carbons (Fsp3) is 0.206. The van der Waals surface area contributed by atoms with Crippen LogP contribution in [0.3, 0.4) is 0 Å². The molecule has 202 valence electrons. The molecule has 1 aliphatic carbocycles. The highest BCUT2D eigenvalue weighted by molar-refractivity contribution is 6.01. The van der Waals surface area contributed by atoms with Crippen molar-refractivity contribution in [2.45, 2.75) is 31.4 Å². The van der Waals surface area contributed by atoms with Gasteiger partial charge in [-0.1, -0.05) is 60.7 Å². The zero-order valence-corrected chi connectivity index (χ0v) is 22.6. The van der Waals surface area contributed by atoms with Crippen LogP contribution in [0.1, 0.15) is 41.5 Å². The number of Topliss-reactive ketones (excluding diaryl/α,β-unsaturated/α-hetero) is 1. The van der Waals surface area contributed by atoms with Gasteiger partial charge in [0.15, 0.2) is 17.3 Å². The van der Waals surface area contributed by atoms with Crippen molar-refractivity contribution < 1.29 is 19.0 Å². The number of rotatable bonds is 7. The summed E-state index contributed by atoms with van der Waals surface area (Å²) < 4.78 is 17.2. The number of methoxy groups -OCH3 is 2. The average molecular weight is 533 g/mol. The van der Waals surface area contributed by atoms with Crippen molar-refractivity contribution in [3.63, 3.8) is 0 Å². The molecule has 0 radical (unpaired) electrons. The highest BCUT2D eigenvalue weighted by Gasteiger charge is 2.36. The van der Waals surface area contributed by atoms with E-state index in [1.807, 2.05) is 84.9 Å². The molecule has 2 aliphatic rings. The van der Waals surface area contributed by atoms with Crippen LogP contribution >= 0.6 is 0 Å². The first-order chi connectivity index (χ1) is 19.6. The number of nitrogens with one attached hydrogen (secondary N) is 2. The van der Waals surface area contributed by atoms with Crippen LogP contribution in [0.25, 0.3) is 0 Å². The molecular weight excluding hydrogens is 500 g/mol. The molecule has 2 atom stereocenters. The van der Waals surface area contributed by atoms with Crippen molar-refractivity contribution in [2.75, 3.05) is 24.9 Å². The Kier molecular flexibility index (Phi) is 7.15. The Hall–Kier alpha value is -4.71. The summed E-state index contributed by atoms with van der Waals surface area (Å²) in [5.41, 5.74) is 6.76. The number of carbonyl (C=O) groups is 1. The van der Waals surface area contributed by atoms with Crippen molar-refractivity contribution in [1.82, 2.24) is 0 Å². The smallest absolute Gasteiger partial charge is 0.163 e. The second-order valence-electron chi connectivity index (χ2n) is 10.1. The third-order valence-corrected chi connectivity index (χ3v) is 7.65. The van der Waals surface area contributed by atoms with Crippen LogP contribution in [-0.2, 0) is 11.4 Å². The Labute approximate surface area is 234 Å². The number of benzene rings is 4. The quantitative estimate of drug-likeness (QED) is 0.261. The lowest BCUT2D eigenvalue weighted by atomic mass is 9.78. The van der Waals surface area contributed by atoms with Crippen molar-refractivity contribution in [2.24, 2.45) is 0 Å². The Morgan fingerprint density at radius 3 is 2.23 bits per heavy atom. The molecule has 6 nitrogen and oxygen atoms in total. The van der Waals surface area contributed by atoms with Crippen molar-refractivity contribution in [1.29, 1.82) is 0 Å². The van der Waals surface area contributed by atoms with E-state index in [9.17, 15) is 4.79 Å². The second kappa shape index (κ2) is 11.2. The lowest BCUT2D eigenvalue weighted by Gasteiger charge is -2.30. The van der Waals surface area contributed by atoms with E-state index in [0.29, 0.717) is 24.5 Å². The van der Waals surface area contributed by atoms with Gasteiger partial charge >= 0.3 is 0 Å². The van der Waals surface area contributed by atoms with Crippen LogP contribution in [0.2, 0.25) is 0 Å². The summed E-state index contributed by atoms with van der Waals surface area (Å²) in [6, 6.07) is 31.7. The minimum atomic E-state index is -0.340. The van der Waals surface area contributed by atoms with Gasteiger partial charge in [-0.15, -0.1) is 0 Å². The molecule has 0 unspecified atom stereocenters. The van der Waals surface area contributed by atoms with Gasteiger partial charge < -0.3 is 24.8 Å². The van der Waals surface area contributed by atoms with E-state index in [-0.39, 0.29) is 17.7 Å². The molecule has 0 amide bonds. The van der Waals surface area contributed by atoms with E-state index in [4.69, 9.17) is 14.2 Å². The first-order valence-electron chi connectivity index (χ1n) is 13.5. The second-order valence-corrected chi connectivity index (χ2v) is 10.1. The van der Waals surface area contributed by atoms with Crippen LogP contribution in [0.4, 0.5) is 11.4 Å². The van der Waals surface area contributed by atoms with Crippen molar-refractivity contribution >= 4 is 17.2 Å². The topological polar surface area (TPSA) is 68.8 Å². The molecule has 1 aliphatic heterocycles. The molecule has 0 saturated carbocycles. The number of fused-ring (bicyclic) bond motifs is 1. The van der Waals surface area contributed by atoms with Gasteiger partial charge in [-0.2, -0.15) is 0 Å². The number of allylic oxidation sites excluding steroid dienone is 1. The normalized spacial score (nSPS) is 18.0. The Morgan fingerprint density at radius 1 is 0.750 bits per heavy atom. The van der Waals surface area contributed by atoms with Crippen molar-refractivity contribution in [3.05, 3.63) is 125 Å². The maximum atomic E-state index is 13.9. The van der Waals surface area contributed by atoms with E-state index in [1.165, 1.54) is 0 Å². The zero-order chi connectivity index (χ0) is 27.5. The van der Waals surface area contributed by atoms with Gasteiger partial charge in [0.1, 0.15) is 12.4 Å². The molecule has 4 aromatic rings.